The van der Waals surface area contributed by atoms with E-state index in [9.17, 15) is 9.18 Å². The molecule has 0 saturated heterocycles. The van der Waals surface area contributed by atoms with Gasteiger partial charge in [-0.1, -0.05) is 18.9 Å². The summed E-state index contributed by atoms with van der Waals surface area (Å²) in [5.41, 5.74) is 3.19. The molecule has 0 spiro atoms. The van der Waals surface area contributed by atoms with Gasteiger partial charge in [-0.2, -0.15) is 5.10 Å². The Morgan fingerprint density at radius 1 is 1.23 bits per heavy atom. The predicted molar refractivity (Wildman–Crippen MR) is 114 cm³/mol. The van der Waals surface area contributed by atoms with Crippen LogP contribution in [-0.2, 0) is 18.3 Å². The Bertz CT molecular complexity index is 1260. The van der Waals surface area contributed by atoms with Crippen molar-refractivity contribution in [2.75, 3.05) is 5.32 Å². The molecule has 31 heavy (non-hydrogen) atoms. The number of H-pyrrole nitrogens is 1. The third-order valence-electron chi connectivity index (χ3n) is 5.67. The lowest BCUT2D eigenvalue weighted by atomic mass is 10.0. The zero-order valence-electron chi connectivity index (χ0n) is 17.1. The summed E-state index contributed by atoms with van der Waals surface area (Å²) in [6.07, 6.45) is 9.48. The van der Waals surface area contributed by atoms with Crippen LogP contribution in [-0.4, -0.2) is 35.6 Å². The molecule has 1 fully saturated rings. The number of hydrogen-bond acceptors (Lipinski definition) is 5. The average Bonchev–Trinajstić information content (AvgIpc) is 3.48. The van der Waals surface area contributed by atoms with Crippen LogP contribution in [0.2, 0.25) is 0 Å². The van der Waals surface area contributed by atoms with Gasteiger partial charge in [0.2, 0.25) is 5.91 Å². The first kappa shape index (κ1) is 19.3. The third-order valence-corrected chi connectivity index (χ3v) is 5.67. The van der Waals surface area contributed by atoms with Crippen LogP contribution < -0.4 is 5.32 Å². The number of aryl methyl sites for hydroxylation is 1. The van der Waals surface area contributed by atoms with Crippen molar-refractivity contribution in [2.45, 2.75) is 38.0 Å². The molecule has 1 aliphatic carbocycles. The summed E-state index contributed by atoms with van der Waals surface area (Å²) in [4.78, 5) is 29.0. The molecule has 0 aliphatic heterocycles. The second-order valence-corrected chi connectivity index (χ2v) is 8.00. The van der Waals surface area contributed by atoms with Crippen LogP contribution >= 0.6 is 0 Å². The second-order valence-electron chi connectivity index (χ2n) is 8.00. The van der Waals surface area contributed by atoms with Gasteiger partial charge in [-0.15, -0.1) is 0 Å². The fraction of sp³-hybridized carbons (Fsp3) is 0.318. The van der Waals surface area contributed by atoms with Gasteiger partial charge in [0.05, 0.1) is 12.6 Å². The van der Waals surface area contributed by atoms with Gasteiger partial charge in [0, 0.05) is 24.7 Å². The molecule has 4 aromatic rings. The summed E-state index contributed by atoms with van der Waals surface area (Å²) >= 11 is 0. The SMILES string of the molecule is Cn1cc(-c2cc(F)cc(CC(=O)Nc3ncnc4nc(C5CCCC5)[nH]c34)c2)cn1. The molecular weight excluding hydrogens is 397 g/mol. The molecule has 0 atom stereocenters. The molecule has 1 saturated carbocycles. The van der Waals surface area contributed by atoms with Crippen molar-refractivity contribution >= 4 is 22.9 Å². The number of rotatable bonds is 5. The molecule has 0 radical (unpaired) electrons. The van der Waals surface area contributed by atoms with E-state index in [1.54, 1.807) is 30.2 Å². The highest BCUT2D eigenvalue weighted by atomic mass is 19.1. The van der Waals surface area contributed by atoms with Crippen molar-refractivity contribution in [1.29, 1.82) is 0 Å². The number of halogens is 1. The number of benzene rings is 1. The van der Waals surface area contributed by atoms with Gasteiger partial charge in [0.15, 0.2) is 11.5 Å². The standard InChI is InChI=1S/C22H22FN7O/c1-30-11-16(10-26-30)15-6-13(7-17(23)9-15)8-18(31)27-21-19-22(25-12-24-21)29-20(28-19)14-4-2-3-5-14/h6-7,9-12,14H,2-5,8H2,1H3,(H2,24,25,27,28,29,31). The lowest BCUT2D eigenvalue weighted by molar-refractivity contribution is -0.115. The largest absolute Gasteiger partial charge is 0.337 e. The molecule has 5 rings (SSSR count). The Hall–Kier alpha value is -3.62. The summed E-state index contributed by atoms with van der Waals surface area (Å²) in [5.74, 6) is 0.990. The molecule has 158 valence electrons. The molecule has 1 aromatic carbocycles. The molecular formula is C22H22FN7O. The minimum absolute atomic E-state index is 0.0140. The maximum atomic E-state index is 14.2. The van der Waals surface area contributed by atoms with Crippen molar-refractivity contribution < 1.29 is 9.18 Å². The van der Waals surface area contributed by atoms with Crippen LogP contribution in [0.15, 0.2) is 36.9 Å². The summed E-state index contributed by atoms with van der Waals surface area (Å²) in [5, 5.41) is 6.94. The quantitative estimate of drug-likeness (QED) is 0.513. The van der Waals surface area contributed by atoms with Crippen molar-refractivity contribution in [3.8, 4) is 11.1 Å². The molecule has 3 heterocycles. The molecule has 2 N–H and O–H groups in total. The highest BCUT2D eigenvalue weighted by Gasteiger charge is 2.22. The maximum Gasteiger partial charge on any atom is 0.230 e. The number of amides is 1. The third kappa shape index (κ3) is 4.03. The van der Waals surface area contributed by atoms with Crippen LogP contribution in [0.1, 0.15) is 43.0 Å². The molecule has 1 amide bonds. The zero-order chi connectivity index (χ0) is 21.4. The Morgan fingerprint density at radius 3 is 2.84 bits per heavy atom. The molecule has 0 bridgehead atoms. The number of fused-ring (bicyclic) bond motifs is 1. The average molecular weight is 419 g/mol. The Kier molecular flexibility index (Phi) is 4.93. The van der Waals surface area contributed by atoms with Gasteiger partial charge < -0.3 is 10.3 Å². The Morgan fingerprint density at radius 2 is 2.06 bits per heavy atom. The topological polar surface area (TPSA) is 101 Å². The van der Waals surface area contributed by atoms with Gasteiger partial charge in [-0.25, -0.2) is 19.3 Å². The summed E-state index contributed by atoms with van der Waals surface area (Å²) in [6.45, 7) is 0. The van der Waals surface area contributed by atoms with E-state index in [1.807, 2.05) is 0 Å². The number of nitrogens with zero attached hydrogens (tertiary/aromatic N) is 5. The fourth-order valence-electron chi connectivity index (χ4n) is 4.18. The zero-order valence-corrected chi connectivity index (χ0v) is 17.1. The van der Waals surface area contributed by atoms with Crippen LogP contribution in [0.25, 0.3) is 22.3 Å². The monoisotopic (exact) mass is 419 g/mol. The highest BCUT2D eigenvalue weighted by Crippen LogP contribution is 2.33. The number of carbonyl (C=O) groups excluding carboxylic acids is 1. The molecule has 0 unspecified atom stereocenters. The lowest BCUT2D eigenvalue weighted by Gasteiger charge is -2.07. The molecule has 9 heteroatoms. The van der Waals surface area contributed by atoms with E-state index in [1.165, 1.54) is 31.3 Å². The highest BCUT2D eigenvalue weighted by molar-refractivity contribution is 5.97. The van der Waals surface area contributed by atoms with Gasteiger partial charge >= 0.3 is 0 Å². The summed E-state index contributed by atoms with van der Waals surface area (Å²) < 4.78 is 15.8. The van der Waals surface area contributed by atoms with E-state index >= 15 is 0 Å². The van der Waals surface area contributed by atoms with Crippen molar-refractivity contribution in [2.24, 2.45) is 7.05 Å². The van der Waals surface area contributed by atoms with Crippen LogP contribution in [0.5, 0.6) is 0 Å². The van der Waals surface area contributed by atoms with Gasteiger partial charge in [0.1, 0.15) is 23.5 Å². The fourth-order valence-corrected chi connectivity index (χ4v) is 4.18. The molecule has 8 nitrogen and oxygen atoms in total. The molecule has 1 aliphatic rings. The van der Waals surface area contributed by atoms with E-state index in [2.05, 4.69) is 30.4 Å². The summed E-state index contributed by atoms with van der Waals surface area (Å²) in [7, 11) is 1.80. The van der Waals surface area contributed by atoms with E-state index < -0.39 is 5.82 Å². The van der Waals surface area contributed by atoms with Gasteiger partial charge in [0.25, 0.3) is 0 Å². The first-order chi connectivity index (χ1) is 15.0. The van der Waals surface area contributed by atoms with Gasteiger partial charge in [-0.3, -0.25) is 9.48 Å². The second kappa shape index (κ2) is 7.90. The van der Waals surface area contributed by atoms with E-state index in [0.29, 0.717) is 34.0 Å². The Balaban J connectivity index is 1.36. The van der Waals surface area contributed by atoms with Crippen molar-refractivity contribution in [1.82, 2.24) is 29.7 Å². The van der Waals surface area contributed by atoms with Crippen LogP contribution in [0.4, 0.5) is 10.2 Å². The van der Waals surface area contributed by atoms with Crippen LogP contribution in [0.3, 0.4) is 0 Å². The van der Waals surface area contributed by atoms with E-state index in [4.69, 9.17) is 0 Å². The normalized spacial score (nSPS) is 14.4. The van der Waals surface area contributed by atoms with Crippen molar-refractivity contribution in [3.05, 3.63) is 54.1 Å². The first-order valence-corrected chi connectivity index (χ1v) is 10.3. The molecule has 3 aromatic heterocycles. The van der Waals surface area contributed by atoms with Crippen molar-refractivity contribution in [3.63, 3.8) is 0 Å². The number of imidazole rings is 1. The number of nitrogens with one attached hydrogen (secondary N) is 2. The number of anilines is 1. The lowest BCUT2D eigenvalue weighted by Crippen LogP contribution is -2.16. The van der Waals surface area contributed by atoms with E-state index in [0.717, 1.165) is 24.2 Å². The number of hydrogen-bond donors (Lipinski definition) is 2. The minimum Gasteiger partial charge on any atom is -0.337 e. The minimum atomic E-state index is -0.400. The summed E-state index contributed by atoms with van der Waals surface area (Å²) in [6, 6.07) is 4.59. The predicted octanol–water partition coefficient (Wildman–Crippen LogP) is 3.73. The smallest absolute Gasteiger partial charge is 0.230 e. The maximum absolute atomic E-state index is 14.2. The number of carbonyl (C=O) groups is 1. The van der Waals surface area contributed by atoms with Gasteiger partial charge in [-0.05, 0) is 36.1 Å². The number of aromatic amines is 1. The first-order valence-electron chi connectivity index (χ1n) is 10.3. The Labute approximate surface area is 177 Å². The number of aromatic nitrogens is 6. The van der Waals surface area contributed by atoms with E-state index in [-0.39, 0.29) is 12.3 Å². The van der Waals surface area contributed by atoms with Crippen LogP contribution in [0, 0.1) is 5.82 Å².